The molecule has 5 aromatic rings. The summed E-state index contributed by atoms with van der Waals surface area (Å²) in [6.07, 6.45) is 4.04. The van der Waals surface area contributed by atoms with E-state index >= 15 is 0 Å². The van der Waals surface area contributed by atoms with E-state index in [9.17, 15) is 0 Å². The minimum absolute atomic E-state index is 0.112. The van der Waals surface area contributed by atoms with Crippen molar-refractivity contribution < 1.29 is 0 Å². The Bertz CT molecular complexity index is 1970. The molecule has 0 saturated carbocycles. The summed E-state index contributed by atoms with van der Waals surface area (Å²) in [5, 5.41) is 36.4. The van der Waals surface area contributed by atoms with Crippen molar-refractivity contribution in [3.8, 4) is 43.8 Å². The molecule has 6 nitrogen and oxygen atoms in total. The average Bonchev–Trinajstić information content (AvgIpc) is 3.77. The Morgan fingerprint density at radius 2 is 0.949 bits per heavy atom. The lowest BCUT2D eigenvalue weighted by Crippen LogP contribution is -1.96. The highest BCUT2D eigenvalue weighted by Gasteiger charge is 2.18. The number of hydrogen-bond donors (Lipinski definition) is 2. The first kappa shape index (κ1) is 26.2. The number of thiophene rings is 5. The van der Waals surface area contributed by atoms with Gasteiger partial charge in [0.25, 0.3) is 0 Å². The van der Waals surface area contributed by atoms with E-state index in [0.29, 0.717) is 20.4 Å². The Balaban J connectivity index is 1.45. The number of rotatable bonds is 4. The molecule has 0 spiro atoms. The van der Waals surface area contributed by atoms with Crippen LogP contribution >= 0.6 is 56.7 Å². The van der Waals surface area contributed by atoms with Crippen molar-refractivity contribution in [2.45, 2.75) is 0 Å². The second-order valence-corrected chi connectivity index (χ2v) is 13.4. The summed E-state index contributed by atoms with van der Waals surface area (Å²) < 4.78 is 3.22. The van der Waals surface area contributed by atoms with Gasteiger partial charge in [0.2, 0.25) is 0 Å². The first-order chi connectivity index (χ1) is 18.9. The maximum absolute atomic E-state index is 9.09. The number of nitrogens with two attached hydrogens (primary N) is 2. The zero-order valence-corrected chi connectivity index (χ0v) is 23.8. The Hall–Kier alpha value is -4.46. The number of nitrogen functional groups attached to an aromatic ring is 2. The first-order valence-electron chi connectivity index (χ1n) is 11.1. The summed E-state index contributed by atoms with van der Waals surface area (Å²) in [5.41, 5.74) is 14.2. The molecule has 0 amide bonds. The lowest BCUT2D eigenvalue weighted by molar-refractivity contribution is 1.51. The Morgan fingerprint density at radius 1 is 0.538 bits per heavy atom. The number of nitrogens with zero attached hydrogens (tertiary/aromatic N) is 4. The van der Waals surface area contributed by atoms with Gasteiger partial charge >= 0.3 is 0 Å². The highest BCUT2D eigenvalue weighted by molar-refractivity contribution is 7.28. The summed E-state index contributed by atoms with van der Waals surface area (Å²) >= 11 is 7.55. The van der Waals surface area contributed by atoms with Gasteiger partial charge in [-0.25, -0.2) is 0 Å². The van der Waals surface area contributed by atoms with E-state index in [1.165, 1.54) is 22.7 Å². The summed E-state index contributed by atoms with van der Waals surface area (Å²) in [4.78, 5) is 5.91. The van der Waals surface area contributed by atoms with Crippen LogP contribution in [0.25, 0.3) is 42.8 Å². The fourth-order valence-electron chi connectivity index (χ4n) is 3.61. The average molecular weight is 595 g/mol. The third-order valence-electron chi connectivity index (χ3n) is 5.45. The van der Waals surface area contributed by atoms with E-state index < -0.39 is 0 Å². The van der Waals surface area contributed by atoms with Crippen molar-refractivity contribution in [3.63, 3.8) is 0 Å². The smallest absolute Gasteiger partial charge is 0.146 e. The lowest BCUT2D eigenvalue weighted by Gasteiger charge is -1.96. The molecule has 186 valence electrons. The van der Waals surface area contributed by atoms with Gasteiger partial charge in [-0.2, -0.15) is 21.0 Å². The van der Waals surface area contributed by atoms with Crippen molar-refractivity contribution in [2.24, 2.45) is 0 Å². The molecule has 5 heterocycles. The second-order valence-electron chi connectivity index (χ2n) is 7.88. The molecule has 4 N–H and O–H groups in total. The van der Waals surface area contributed by atoms with Crippen LogP contribution < -0.4 is 29.6 Å². The van der Waals surface area contributed by atoms with Crippen LogP contribution in [0, 0.1) is 45.3 Å². The van der Waals surface area contributed by atoms with E-state index in [-0.39, 0.29) is 11.1 Å². The predicted molar refractivity (Wildman–Crippen MR) is 163 cm³/mol. The molecular weight excluding hydrogens is 581 g/mol. The fourth-order valence-corrected chi connectivity index (χ4v) is 8.88. The highest BCUT2D eigenvalue weighted by atomic mass is 32.1. The molecule has 0 radical (unpaired) electrons. The lowest BCUT2D eigenvalue weighted by atomic mass is 10.2. The normalized spacial score (nSPS) is 11.5. The molecule has 39 heavy (non-hydrogen) atoms. The van der Waals surface area contributed by atoms with E-state index in [1.54, 1.807) is 46.1 Å². The van der Waals surface area contributed by atoms with Crippen molar-refractivity contribution in [3.05, 3.63) is 76.4 Å². The molecule has 0 aliphatic carbocycles. The Labute approximate surface area is 242 Å². The molecule has 0 saturated heterocycles. The molecule has 0 fully saturated rings. The molecule has 5 rings (SSSR count). The van der Waals surface area contributed by atoms with Gasteiger partial charge in [-0.3, -0.25) is 0 Å². The molecule has 11 heteroatoms. The SMILES string of the molecule is N#CC(C#N)=c1cc/c(=C/c2ccc(-c3sc(-c4ccc(/C=c5/ccc(=C(C#N)C#N)s5)s4)c(N)c3N)s2)s1. The molecule has 0 aromatic carbocycles. The van der Waals surface area contributed by atoms with Gasteiger partial charge in [-0.05, 0) is 60.7 Å². The predicted octanol–water partition coefficient (Wildman–Crippen LogP) is 4.55. The fraction of sp³-hybridized carbons (Fsp3) is 0. The van der Waals surface area contributed by atoms with E-state index in [2.05, 4.69) is 0 Å². The number of hydrogen-bond acceptors (Lipinski definition) is 11. The number of nitriles is 4. The van der Waals surface area contributed by atoms with Crippen LogP contribution in [-0.4, -0.2) is 0 Å². The molecular formula is C28H14N6S5. The van der Waals surface area contributed by atoms with Crippen LogP contribution in [0.5, 0.6) is 0 Å². The Kier molecular flexibility index (Phi) is 7.45. The van der Waals surface area contributed by atoms with E-state index in [1.807, 2.05) is 72.8 Å². The van der Waals surface area contributed by atoms with Crippen LogP contribution in [0.1, 0.15) is 9.75 Å². The highest BCUT2D eigenvalue weighted by Crippen LogP contribution is 2.49. The van der Waals surface area contributed by atoms with Gasteiger partial charge in [0, 0.05) is 28.6 Å². The first-order valence-corrected chi connectivity index (χ1v) is 15.1. The van der Waals surface area contributed by atoms with E-state index in [0.717, 1.165) is 38.3 Å². The van der Waals surface area contributed by atoms with Crippen molar-refractivity contribution in [2.75, 3.05) is 11.5 Å². The van der Waals surface area contributed by atoms with Crippen molar-refractivity contribution in [1.29, 1.82) is 21.0 Å². The largest absolute Gasteiger partial charge is 0.396 e. The van der Waals surface area contributed by atoms with Crippen LogP contribution in [0.4, 0.5) is 11.4 Å². The topological polar surface area (TPSA) is 147 Å². The van der Waals surface area contributed by atoms with Crippen molar-refractivity contribution in [1.82, 2.24) is 0 Å². The van der Waals surface area contributed by atoms with Gasteiger partial charge in [0.1, 0.15) is 35.4 Å². The quantitative estimate of drug-likeness (QED) is 0.312. The minimum Gasteiger partial charge on any atom is -0.396 e. The van der Waals surface area contributed by atoms with Crippen LogP contribution in [-0.2, 0) is 0 Å². The molecule has 0 atom stereocenters. The summed E-state index contributed by atoms with van der Waals surface area (Å²) in [6, 6.07) is 23.2. The Morgan fingerprint density at radius 3 is 1.33 bits per heavy atom. The maximum atomic E-state index is 9.09. The van der Waals surface area contributed by atoms with Gasteiger partial charge in [-0.1, -0.05) is 0 Å². The van der Waals surface area contributed by atoms with Gasteiger partial charge < -0.3 is 11.5 Å². The third kappa shape index (κ3) is 5.27. The van der Waals surface area contributed by atoms with Gasteiger partial charge in [0.05, 0.1) is 30.2 Å². The standard InChI is InChI=1S/C28H14N6S5/c29-11-15(12-30)21-5-1-17(35-21)9-19-3-7-23(37-19)27-25(33)26(34)28(39-27)24-8-4-20(38-24)10-18-2-6-22(36-18)16(13-31)14-32/h1-10H,33-34H2/b17-9-,18-10-. The zero-order chi connectivity index (χ0) is 27.5. The van der Waals surface area contributed by atoms with Gasteiger partial charge in [0.15, 0.2) is 0 Å². The van der Waals surface area contributed by atoms with E-state index in [4.69, 9.17) is 32.5 Å². The summed E-state index contributed by atoms with van der Waals surface area (Å²) in [5.74, 6) is 0. The second kappa shape index (κ2) is 11.1. The van der Waals surface area contributed by atoms with Crippen LogP contribution in [0.2, 0.25) is 0 Å². The molecule has 0 aliphatic rings. The minimum atomic E-state index is 0.112. The molecule has 0 bridgehead atoms. The monoisotopic (exact) mass is 594 g/mol. The summed E-state index contributed by atoms with van der Waals surface area (Å²) in [6.45, 7) is 0. The van der Waals surface area contributed by atoms with Crippen LogP contribution in [0.3, 0.4) is 0 Å². The molecule has 0 unspecified atom stereocenters. The zero-order valence-electron chi connectivity index (χ0n) is 19.8. The van der Waals surface area contributed by atoms with Gasteiger partial charge in [-0.15, -0.1) is 56.7 Å². The molecule has 5 aromatic heterocycles. The molecule has 0 aliphatic heterocycles. The number of anilines is 2. The van der Waals surface area contributed by atoms with Crippen LogP contribution in [0.15, 0.2) is 48.5 Å². The third-order valence-corrected chi connectivity index (χ3v) is 11.2. The van der Waals surface area contributed by atoms with Crippen molar-refractivity contribution >= 4 is 91.4 Å². The summed E-state index contributed by atoms with van der Waals surface area (Å²) in [7, 11) is 0. The maximum Gasteiger partial charge on any atom is 0.146 e.